The molecule has 0 radical (unpaired) electrons. The number of amides is 2. The Hall–Kier alpha value is -2.15. The predicted octanol–water partition coefficient (Wildman–Crippen LogP) is 2.59. The van der Waals surface area contributed by atoms with Crippen molar-refractivity contribution < 1.29 is 9.59 Å². The lowest BCUT2D eigenvalue weighted by molar-refractivity contribution is -0.127. The molecular formula is C18H24N4O2S. The van der Waals surface area contributed by atoms with Crippen LogP contribution in [0, 0.1) is 6.92 Å². The highest BCUT2D eigenvalue weighted by atomic mass is 32.1. The van der Waals surface area contributed by atoms with E-state index < -0.39 is 5.91 Å². The molecule has 0 aromatic carbocycles. The zero-order valence-corrected chi connectivity index (χ0v) is 15.6. The number of thiazole rings is 1. The molecule has 0 aliphatic carbocycles. The molecule has 0 atom stereocenters. The molecule has 0 unspecified atom stereocenters. The second kappa shape index (κ2) is 7.39. The molecular weight excluding hydrogens is 336 g/mol. The van der Waals surface area contributed by atoms with E-state index in [0.29, 0.717) is 12.0 Å². The largest absolute Gasteiger partial charge is 0.366 e. The fraction of sp³-hybridized carbons (Fsp3) is 0.500. The number of nitrogens with two attached hydrogens (primary N) is 1. The number of aromatic nitrogens is 2. The summed E-state index contributed by atoms with van der Waals surface area (Å²) in [5, 5.41) is 2.74. The summed E-state index contributed by atoms with van der Waals surface area (Å²) < 4.78 is 2.18. The first-order valence-corrected chi connectivity index (χ1v) is 9.62. The van der Waals surface area contributed by atoms with E-state index in [-0.39, 0.29) is 5.91 Å². The van der Waals surface area contributed by atoms with Crippen molar-refractivity contribution in [2.75, 3.05) is 13.1 Å². The molecule has 6 nitrogen and oxygen atoms in total. The van der Waals surface area contributed by atoms with Crippen LogP contribution in [-0.2, 0) is 17.8 Å². The third kappa shape index (κ3) is 3.33. The van der Waals surface area contributed by atoms with Gasteiger partial charge in [-0.3, -0.25) is 9.59 Å². The highest BCUT2D eigenvalue weighted by Crippen LogP contribution is 2.34. The number of carbonyl (C=O) groups excluding carboxylic acids is 2. The first-order chi connectivity index (χ1) is 12.0. The Labute approximate surface area is 151 Å². The molecule has 0 saturated carbocycles. The lowest BCUT2D eigenvalue weighted by Crippen LogP contribution is -2.26. The van der Waals surface area contributed by atoms with Gasteiger partial charge >= 0.3 is 0 Å². The molecule has 2 aromatic heterocycles. The molecule has 1 aliphatic heterocycles. The SMILES string of the molecule is CCc1c(-c2nccs2)c(C(N)=O)c(C)n1CCCN1CCCC1=O. The van der Waals surface area contributed by atoms with Gasteiger partial charge in [0.15, 0.2) is 0 Å². The summed E-state index contributed by atoms with van der Waals surface area (Å²) in [6.07, 6.45) is 5.04. The number of hydrogen-bond acceptors (Lipinski definition) is 4. The summed E-state index contributed by atoms with van der Waals surface area (Å²) in [4.78, 5) is 30.2. The second-order valence-corrected chi connectivity index (χ2v) is 7.22. The topological polar surface area (TPSA) is 81.2 Å². The average Bonchev–Trinajstić information content (AvgIpc) is 3.28. The Bertz CT molecular complexity index is 780. The van der Waals surface area contributed by atoms with Gasteiger partial charge in [0.25, 0.3) is 5.91 Å². The summed E-state index contributed by atoms with van der Waals surface area (Å²) in [5.74, 6) is -0.160. The highest BCUT2D eigenvalue weighted by Gasteiger charge is 2.25. The molecule has 3 rings (SSSR count). The molecule has 25 heavy (non-hydrogen) atoms. The molecule has 1 aliphatic rings. The van der Waals surface area contributed by atoms with Crippen molar-refractivity contribution in [3.8, 4) is 10.6 Å². The summed E-state index contributed by atoms with van der Waals surface area (Å²) >= 11 is 1.52. The van der Waals surface area contributed by atoms with E-state index in [1.165, 1.54) is 11.3 Å². The van der Waals surface area contributed by atoms with Gasteiger partial charge in [0.1, 0.15) is 5.01 Å². The van der Waals surface area contributed by atoms with E-state index in [2.05, 4.69) is 16.5 Å². The van der Waals surface area contributed by atoms with Crippen LogP contribution in [0.1, 0.15) is 47.9 Å². The number of likely N-dealkylation sites (tertiary alicyclic amines) is 1. The number of primary amides is 1. The van der Waals surface area contributed by atoms with Gasteiger partial charge in [-0.25, -0.2) is 4.98 Å². The first-order valence-electron chi connectivity index (χ1n) is 8.74. The lowest BCUT2D eigenvalue weighted by Gasteiger charge is -2.17. The third-order valence-corrected chi connectivity index (χ3v) is 5.63. The van der Waals surface area contributed by atoms with Crippen LogP contribution in [0.2, 0.25) is 0 Å². The zero-order valence-electron chi connectivity index (χ0n) is 14.7. The Morgan fingerprint density at radius 2 is 2.20 bits per heavy atom. The normalized spacial score (nSPS) is 14.5. The van der Waals surface area contributed by atoms with Gasteiger partial charge in [-0.1, -0.05) is 6.92 Å². The minimum atomic E-state index is -0.411. The minimum absolute atomic E-state index is 0.251. The maximum atomic E-state index is 12.1. The quantitative estimate of drug-likeness (QED) is 0.824. The molecule has 3 heterocycles. The van der Waals surface area contributed by atoms with Gasteiger partial charge in [-0.2, -0.15) is 0 Å². The molecule has 1 fully saturated rings. The molecule has 2 N–H and O–H groups in total. The Morgan fingerprint density at radius 1 is 1.40 bits per heavy atom. The van der Waals surface area contributed by atoms with Crippen LogP contribution in [0.25, 0.3) is 10.6 Å². The van der Waals surface area contributed by atoms with Crippen molar-refractivity contribution in [3.63, 3.8) is 0 Å². The number of carbonyl (C=O) groups is 2. The summed E-state index contributed by atoms with van der Waals surface area (Å²) in [6.45, 7) is 6.41. The van der Waals surface area contributed by atoms with E-state index in [0.717, 1.165) is 60.9 Å². The first kappa shape index (κ1) is 17.7. The van der Waals surface area contributed by atoms with Crippen LogP contribution in [0.15, 0.2) is 11.6 Å². The van der Waals surface area contributed by atoms with Gasteiger partial charge in [0.2, 0.25) is 5.91 Å². The van der Waals surface area contributed by atoms with E-state index >= 15 is 0 Å². The molecule has 7 heteroatoms. The predicted molar refractivity (Wildman–Crippen MR) is 98.6 cm³/mol. The molecule has 0 bridgehead atoms. The van der Waals surface area contributed by atoms with Crippen LogP contribution in [0.3, 0.4) is 0 Å². The Kier molecular flexibility index (Phi) is 5.22. The van der Waals surface area contributed by atoms with E-state index in [9.17, 15) is 9.59 Å². The Morgan fingerprint density at radius 3 is 2.76 bits per heavy atom. The molecule has 2 amide bonds. The van der Waals surface area contributed by atoms with Crippen LogP contribution >= 0.6 is 11.3 Å². The summed E-state index contributed by atoms with van der Waals surface area (Å²) in [5.41, 5.74) is 9.11. The number of rotatable bonds is 7. The number of hydrogen-bond donors (Lipinski definition) is 1. The minimum Gasteiger partial charge on any atom is -0.366 e. The van der Waals surface area contributed by atoms with Crippen LogP contribution in [0.5, 0.6) is 0 Å². The van der Waals surface area contributed by atoms with Crippen molar-refractivity contribution >= 4 is 23.2 Å². The van der Waals surface area contributed by atoms with Crippen molar-refractivity contribution in [1.82, 2.24) is 14.5 Å². The van der Waals surface area contributed by atoms with Crippen molar-refractivity contribution in [3.05, 3.63) is 28.5 Å². The number of nitrogens with zero attached hydrogens (tertiary/aromatic N) is 3. The Balaban J connectivity index is 1.89. The average molecular weight is 360 g/mol. The summed E-state index contributed by atoms with van der Waals surface area (Å²) in [6, 6.07) is 0. The smallest absolute Gasteiger partial charge is 0.251 e. The molecule has 0 spiro atoms. The highest BCUT2D eigenvalue weighted by molar-refractivity contribution is 7.13. The molecule has 134 valence electrons. The third-order valence-electron chi connectivity index (χ3n) is 4.84. The van der Waals surface area contributed by atoms with Crippen LogP contribution in [0.4, 0.5) is 0 Å². The van der Waals surface area contributed by atoms with Gasteiger partial charge in [0, 0.05) is 54.6 Å². The van der Waals surface area contributed by atoms with Crippen molar-refractivity contribution in [2.45, 2.75) is 46.1 Å². The molecule has 2 aromatic rings. The van der Waals surface area contributed by atoms with Gasteiger partial charge in [-0.05, 0) is 26.2 Å². The second-order valence-electron chi connectivity index (χ2n) is 6.33. The fourth-order valence-corrected chi connectivity index (χ4v) is 4.42. The van der Waals surface area contributed by atoms with E-state index in [1.54, 1.807) is 6.20 Å². The van der Waals surface area contributed by atoms with E-state index in [4.69, 9.17) is 5.73 Å². The zero-order chi connectivity index (χ0) is 18.0. The van der Waals surface area contributed by atoms with E-state index in [1.807, 2.05) is 17.2 Å². The van der Waals surface area contributed by atoms with Crippen molar-refractivity contribution in [2.24, 2.45) is 5.73 Å². The van der Waals surface area contributed by atoms with Gasteiger partial charge in [0.05, 0.1) is 5.56 Å². The van der Waals surface area contributed by atoms with Gasteiger partial charge in [-0.15, -0.1) is 11.3 Å². The lowest BCUT2D eigenvalue weighted by atomic mass is 10.1. The summed E-state index contributed by atoms with van der Waals surface area (Å²) in [7, 11) is 0. The van der Waals surface area contributed by atoms with Crippen LogP contribution in [-0.4, -0.2) is 39.4 Å². The van der Waals surface area contributed by atoms with Crippen molar-refractivity contribution in [1.29, 1.82) is 0 Å². The maximum absolute atomic E-state index is 12.1. The monoisotopic (exact) mass is 360 g/mol. The fourth-order valence-electron chi connectivity index (χ4n) is 3.71. The van der Waals surface area contributed by atoms with Crippen LogP contribution < -0.4 is 5.73 Å². The van der Waals surface area contributed by atoms with Gasteiger partial charge < -0.3 is 15.2 Å². The standard InChI is InChI=1S/C18H24N4O2S/c1-3-13-16(18-20-7-11-25-18)15(17(19)24)12(2)22(13)10-5-9-21-8-4-6-14(21)23/h7,11H,3-6,8-10H2,1-2H3,(H2,19,24). The molecule has 1 saturated heterocycles. The maximum Gasteiger partial charge on any atom is 0.251 e.